The van der Waals surface area contributed by atoms with Crippen molar-refractivity contribution in [3.05, 3.63) is 35.2 Å². The average Bonchev–Trinajstić information content (AvgIpc) is 3.02. The van der Waals surface area contributed by atoms with Gasteiger partial charge in [0.25, 0.3) is 0 Å². The first-order valence-electron chi connectivity index (χ1n) is 9.27. The van der Waals surface area contributed by atoms with Crippen molar-refractivity contribution in [2.45, 2.75) is 64.7 Å². The number of aryl methyl sites for hydroxylation is 1. The van der Waals surface area contributed by atoms with Crippen LogP contribution < -0.4 is 10.6 Å². The predicted octanol–water partition coefficient (Wildman–Crippen LogP) is 3.67. The molecule has 2 aromatic heterocycles. The van der Waals surface area contributed by atoms with Crippen molar-refractivity contribution >= 4 is 11.7 Å². The SMILES string of the molecule is CC(=O)NCc1cc(NC2CCC(F)(F)CC2)nc(-n2cc(C)c(CF)n2)c1. The highest BCUT2D eigenvalue weighted by molar-refractivity contribution is 5.72. The smallest absolute Gasteiger partial charge is 0.248 e. The van der Waals surface area contributed by atoms with E-state index in [1.165, 1.54) is 11.6 Å². The maximum absolute atomic E-state index is 13.4. The molecule has 2 heterocycles. The fraction of sp³-hybridized carbons (Fsp3) is 0.526. The van der Waals surface area contributed by atoms with Gasteiger partial charge in [0.2, 0.25) is 11.8 Å². The third-order valence-electron chi connectivity index (χ3n) is 4.84. The zero-order valence-electron chi connectivity index (χ0n) is 15.9. The molecule has 1 aliphatic carbocycles. The van der Waals surface area contributed by atoms with E-state index in [-0.39, 0.29) is 24.8 Å². The van der Waals surface area contributed by atoms with E-state index in [0.717, 1.165) is 5.56 Å². The van der Waals surface area contributed by atoms with Gasteiger partial charge in [-0.3, -0.25) is 4.79 Å². The zero-order chi connectivity index (χ0) is 20.3. The summed E-state index contributed by atoms with van der Waals surface area (Å²) in [7, 11) is 0. The standard InChI is InChI=1S/C19H24F3N5O/c1-12-11-27(26-16(12)9-20)18-8-14(10-23-13(2)28)7-17(25-18)24-15-3-5-19(21,22)6-4-15/h7-8,11,15H,3-6,9-10H2,1-2H3,(H,23,28)(H,24,25). The molecule has 0 spiro atoms. The Labute approximate surface area is 161 Å². The summed E-state index contributed by atoms with van der Waals surface area (Å²) in [6, 6.07) is 3.43. The Morgan fingerprint density at radius 2 is 2.04 bits per heavy atom. The first-order chi connectivity index (χ1) is 13.3. The Hall–Kier alpha value is -2.58. The fourth-order valence-corrected chi connectivity index (χ4v) is 3.23. The molecule has 2 N–H and O–H groups in total. The molecule has 28 heavy (non-hydrogen) atoms. The number of nitrogens with zero attached hydrogens (tertiary/aromatic N) is 3. The lowest BCUT2D eigenvalue weighted by atomic mass is 9.92. The van der Waals surface area contributed by atoms with Gasteiger partial charge in [0.05, 0.1) is 5.69 Å². The molecule has 2 aromatic rings. The van der Waals surface area contributed by atoms with E-state index >= 15 is 0 Å². The van der Waals surface area contributed by atoms with Crippen molar-refractivity contribution in [3.8, 4) is 5.82 Å². The van der Waals surface area contributed by atoms with E-state index in [9.17, 15) is 18.0 Å². The van der Waals surface area contributed by atoms with Crippen LogP contribution in [-0.4, -0.2) is 32.6 Å². The first kappa shape index (κ1) is 20.2. The van der Waals surface area contributed by atoms with Crippen LogP contribution in [0.25, 0.3) is 5.82 Å². The highest BCUT2D eigenvalue weighted by atomic mass is 19.3. The molecular formula is C19H24F3N5O. The number of carbonyl (C=O) groups excluding carboxylic acids is 1. The quantitative estimate of drug-likeness (QED) is 0.783. The minimum absolute atomic E-state index is 0.100. The zero-order valence-corrected chi connectivity index (χ0v) is 15.9. The lowest BCUT2D eigenvalue weighted by Gasteiger charge is -2.29. The van der Waals surface area contributed by atoms with Crippen LogP contribution in [0.1, 0.15) is 49.4 Å². The van der Waals surface area contributed by atoms with Gasteiger partial charge in [-0.05, 0) is 43.0 Å². The second-order valence-corrected chi connectivity index (χ2v) is 7.24. The molecule has 0 unspecified atom stereocenters. The number of nitrogens with one attached hydrogen (secondary N) is 2. The molecule has 6 nitrogen and oxygen atoms in total. The predicted molar refractivity (Wildman–Crippen MR) is 99.3 cm³/mol. The maximum Gasteiger partial charge on any atom is 0.248 e. The lowest BCUT2D eigenvalue weighted by molar-refractivity contribution is -0.119. The molecule has 1 amide bonds. The van der Waals surface area contributed by atoms with E-state index < -0.39 is 12.6 Å². The molecule has 0 aromatic carbocycles. The molecule has 0 saturated heterocycles. The lowest BCUT2D eigenvalue weighted by Crippen LogP contribution is -2.32. The fourth-order valence-electron chi connectivity index (χ4n) is 3.23. The number of alkyl halides is 3. The summed E-state index contributed by atoms with van der Waals surface area (Å²) in [5, 5.41) is 10.2. The van der Waals surface area contributed by atoms with Gasteiger partial charge >= 0.3 is 0 Å². The summed E-state index contributed by atoms with van der Waals surface area (Å²) in [6.07, 6.45) is 2.09. The Bertz CT molecular complexity index is 842. The second-order valence-electron chi connectivity index (χ2n) is 7.24. The number of hydrogen-bond acceptors (Lipinski definition) is 4. The summed E-state index contributed by atoms with van der Waals surface area (Å²) >= 11 is 0. The van der Waals surface area contributed by atoms with Gasteiger partial charge in [-0.2, -0.15) is 5.10 Å². The van der Waals surface area contributed by atoms with Gasteiger partial charge in [0.1, 0.15) is 12.5 Å². The van der Waals surface area contributed by atoms with Crippen molar-refractivity contribution in [2.75, 3.05) is 5.32 Å². The molecule has 1 aliphatic rings. The Balaban J connectivity index is 1.85. The third kappa shape index (κ3) is 5.02. The van der Waals surface area contributed by atoms with Gasteiger partial charge < -0.3 is 10.6 Å². The highest BCUT2D eigenvalue weighted by Gasteiger charge is 2.35. The number of amides is 1. The van der Waals surface area contributed by atoms with E-state index in [1.807, 2.05) is 0 Å². The number of hydrogen-bond donors (Lipinski definition) is 2. The monoisotopic (exact) mass is 395 g/mol. The van der Waals surface area contributed by atoms with Crippen LogP contribution in [0.3, 0.4) is 0 Å². The molecule has 3 rings (SSSR count). The molecule has 1 saturated carbocycles. The Morgan fingerprint density at radius 1 is 1.32 bits per heavy atom. The van der Waals surface area contributed by atoms with Crippen LogP contribution >= 0.6 is 0 Å². The summed E-state index contributed by atoms with van der Waals surface area (Å²) in [5.41, 5.74) is 1.82. The molecule has 0 bridgehead atoms. The van der Waals surface area contributed by atoms with Crippen molar-refractivity contribution in [3.63, 3.8) is 0 Å². The van der Waals surface area contributed by atoms with E-state index in [1.54, 1.807) is 25.3 Å². The Morgan fingerprint density at radius 3 is 2.64 bits per heavy atom. The minimum atomic E-state index is -2.60. The Kier molecular flexibility index (Phi) is 5.90. The summed E-state index contributed by atoms with van der Waals surface area (Å²) in [6.45, 7) is 2.80. The van der Waals surface area contributed by atoms with Crippen LogP contribution in [0.2, 0.25) is 0 Å². The number of halogens is 3. The maximum atomic E-state index is 13.4. The van der Waals surface area contributed by atoms with Crippen molar-refractivity contribution < 1.29 is 18.0 Å². The van der Waals surface area contributed by atoms with Crippen LogP contribution in [0.15, 0.2) is 18.3 Å². The van der Waals surface area contributed by atoms with E-state index in [0.29, 0.717) is 42.3 Å². The van der Waals surface area contributed by atoms with Gasteiger partial charge in [0.15, 0.2) is 5.82 Å². The molecule has 9 heteroatoms. The van der Waals surface area contributed by atoms with E-state index in [4.69, 9.17) is 0 Å². The highest BCUT2D eigenvalue weighted by Crippen LogP contribution is 2.34. The minimum Gasteiger partial charge on any atom is -0.367 e. The van der Waals surface area contributed by atoms with Gasteiger partial charge in [0, 0.05) is 38.5 Å². The molecular weight excluding hydrogens is 371 g/mol. The molecule has 0 aliphatic heterocycles. The van der Waals surface area contributed by atoms with Gasteiger partial charge in [-0.15, -0.1) is 0 Å². The first-order valence-corrected chi connectivity index (χ1v) is 9.27. The number of anilines is 1. The molecule has 152 valence electrons. The number of rotatable bonds is 6. The average molecular weight is 395 g/mol. The normalized spacial score (nSPS) is 16.8. The van der Waals surface area contributed by atoms with Crippen molar-refractivity contribution in [2.24, 2.45) is 0 Å². The second kappa shape index (κ2) is 8.20. The topological polar surface area (TPSA) is 71.8 Å². The number of pyridine rings is 1. The van der Waals surface area contributed by atoms with E-state index in [2.05, 4.69) is 20.7 Å². The largest absolute Gasteiger partial charge is 0.367 e. The van der Waals surface area contributed by atoms with Crippen LogP contribution in [-0.2, 0) is 18.0 Å². The number of carbonyl (C=O) groups is 1. The van der Waals surface area contributed by atoms with Crippen LogP contribution in [0, 0.1) is 6.92 Å². The summed E-state index contributed by atoms with van der Waals surface area (Å²) in [5.74, 6) is -1.78. The van der Waals surface area contributed by atoms with Crippen molar-refractivity contribution in [1.82, 2.24) is 20.1 Å². The molecule has 1 fully saturated rings. The number of aromatic nitrogens is 3. The summed E-state index contributed by atoms with van der Waals surface area (Å²) < 4.78 is 41.3. The third-order valence-corrected chi connectivity index (χ3v) is 4.84. The van der Waals surface area contributed by atoms with Gasteiger partial charge in [-0.1, -0.05) is 0 Å². The molecule has 0 atom stereocenters. The summed E-state index contributed by atoms with van der Waals surface area (Å²) in [4.78, 5) is 15.8. The molecule has 0 radical (unpaired) electrons. The van der Waals surface area contributed by atoms with Gasteiger partial charge in [-0.25, -0.2) is 22.8 Å². The van der Waals surface area contributed by atoms with Crippen molar-refractivity contribution in [1.29, 1.82) is 0 Å². The van der Waals surface area contributed by atoms with Crippen LogP contribution in [0.4, 0.5) is 19.0 Å². The van der Waals surface area contributed by atoms with Crippen LogP contribution in [0.5, 0.6) is 0 Å².